The molecule has 24 heavy (non-hydrogen) atoms. The van der Waals surface area contributed by atoms with Crippen LogP contribution in [0, 0.1) is 29.6 Å². The zero-order chi connectivity index (χ0) is 17.4. The Kier molecular flexibility index (Phi) is 7.54. The number of carboxylic acids is 1. The lowest BCUT2D eigenvalue weighted by Gasteiger charge is -2.33. The van der Waals surface area contributed by atoms with Gasteiger partial charge in [0.2, 0.25) is 0 Å². The first-order valence-electron chi connectivity index (χ1n) is 8.81. The molecule has 6 heteroatoms. The van der Waals surface area contributed by atoms with Gasteiger partial charge in [-0.15, -0.1) is 5.92 Å². The molecular weight excluding hydrogens is 310 g/mol. The molecule has 0 heterocycles. The molecule has 3 N–H and O–H groups in total. The summed E-state index contributed by atoms with van der Waals surface area (Å²) in [6.07, 6.45) is 5.93. The predicted molar refractivity (Wildman–Crippen MR) is 89.3 cm³/mol. The molecule has 134 valence electrons. The van der Waals surface area contributed by atoms with E-state index in [2.05, 4.69) is 17.0 Å². The maximum absolute atomic E-state index is 10.4. The van der Waals surface area contributed by atoms with Crippen LogP contribution in [0.25, 0.3) is 0 Å². The van der Waals surface area contributed by atoms with Crippen molar-refractivity contribution in [1.29, 1.82) is 0 Å². The number of aliphatic hydroxyl groups is 2. The fourth-order valence-corrected chi connectivity index (χ4v) is 3.40. The third-order valence-corrected chi connectivity index (χ3v) is 4.83. The summed E-state index contributed by atoms with van der Waals surface area (Å²) in [7, 11) is 0. The van der Waals surface area contributed by atoms with Crippen molar-refractivity contribution in [2.75, 3.05) is 13.2 Å². The minimum atomic E-state index is -0.898. The maximum Gasteiger partial charge on any atom is 0.306 e. The molecule has 0 aromatic carbocycles. The molecule has 0 amide bonds. The third kappa shape index (κ3) is 5.22. The zero-order valence-electron chi connectivity index (χ0n) is 14.0. The monoisotopic (exact) mass is 337 g/mol. The summed E-state index contributed by atoms with van der Waals surface area (Å²) >= 11 is 0. The van der Waals surface area contributed by atoms with Gasteiger partial charge in [0.1, 0.15) is 6.61 Å². The van der Waals surface area contributed by atoms with E-state index in [1.165, 1.54) is 0 Å². The quantitative estimate of drug-likeness (QED) is 0.338. The highest BCUT2D eigenvalue weighted by Crippen LogP contribution is 2.47. The van der Waals surface area contributed by atoms with E-state index in [1.54, 1.807) is 0 Å². The van der Waals surface area contributed by atoms with Gasteiger partial charge in [-0.1, -0.05) is 23.9 Å². The van der Waals surface area contributed by atoms with Crippen molar-refractivity contribution in [3.05, 3.63) is 0 Å². The van der Waals surface area contributed by atoms with E-state index in [-0.39, 0.29) is 37.4 Å². The number of hydrogen-bond acceptors (Lipinski definition) is 5. The smallest absolute Gasteiger partial charge is 0.306 e. The molecular formula is C18H27NO5. The Morgan fingerprint density at radius 3 is 2.83 bits per heavy atom. The first-order chi connectivity index (χ1) is 11.6. The van der Waals surface area contributed by atoms with Gasteiger partial charge < -0.3 is 20.2 Å². The van der Waals surface area contributed by atoms with E-state index >= 15 is 0 Å². The summed E-state index contributed by atoms with van der Waals surface area (Å²) in [5.74, 6) is 5.93. The van der Waals surface area contributed by atoms with Crippen molar-refractivity contribution >= 4 is 11.7 Å². The topological polar surface area (TPSA) is 99.4 Å². The number of hydrogen-bond donors (Lipinski definition) is 3. The molecule has 0 radical (unpaired) electrons. The summed E-state index contributed by atoms with van der Waals surface area (Å²) < 4.78 is 0. The highest BCUT2D eigenvalue weighted by molar-refractivity contribution is 5.93. The number of rotatable bonds is 9. The standard InChI is InChI=1S/C18H27NO5/c20-9-6-4-2-1-3-5-7-13-11-14-15(18(13)23)12-16(14)19-24-10-8-17(21)22/h13-15,18,20,23H,1-4,6,8-12H2,(H,21,22)/t13-,14?,15?,18-/m1/s1. The number of oxime groups is 1. The molecule has 0 bridgehead atoms. The van der Waals surface area contributed by atoms with E-state index in [1.807, 2.05) is 0 Å². The molecule has 0 spiro atoms. The van der Waals surface area contributed by atoms with Crippen LogP contribution >= 0.6 is 0 Å². The lowest BCUT2D eigenvalue weighted by atomic mass is 9.73. The molecule has 4 atom stereocenters. The lowest BCUT2D eigenvalue weighted by molar-refractivity contribution is -0.138. The predicted octanol–water partition coefficient (Wildman–Crippen LogP) is 1.80. The van der Waals surface area contributed by atoms with Crippen LogP contribution in [0.4, 0.5) is 0 Å². The SMILES string of the molecule is O=C(O)CCON=C1CC2C1C[C@@H](C#CCCCCCCO)[C@H]2O. The van der Waals surface area contributed by atoms with E-state index in [0.717, 1.165) is 50.7 Å². The van der Waals surface area contributed by atoms with Crippen molar-refractivity contribution in [2.24, 2.45) is 22.9 Å². The minimum Gasteiger partial charge on any atom is -0.481 e. The second-order valence-electron chi connectivity index (χ2n) is 6.58. The molecule has 2 saturated carbocycles. The molecule has 2 aliphatic rings. The number of carboxylic acid groups (broad SMARTS) is 1. The van der Waals surface area contributed by atoms with Crippen molar-refractivity contribution in [2.45, 2.75) is 57.5 Å². The van der Waals surface area contributed by atoms with E-state index in [4.69, 9.17) is 15.1 Å². The fraction of sp³-hybridized carbons (Fsp3) is 0.778. The normalized spacial score (nSPS) is 29.5. The van der Waals surface area contributed by atoms with Crippen molar-refractivity contribution < 1.29 is 25.0 Å². The average molecular weight is 337 g/mol. The van der Waals surface area contributed by atoms with Gasteiger partial charge in [-0.3, -0.25) is 4.79 Å². The Balaban J connectivity index is 1.69. The summed E-state index contributed by atoms with van der Waals surface area (Å²) in [6, 6.07) is 0. The third-order valence-electron chi connectivity index (χ3n) is 4.83. The highest BCUT2D eigenvalue weighted by Gasteiger charge is 2.51. The van der Waals surface area contributed by atoms with Gasteiger partial charge in [0.05, 0.1) is 18.2 Å². The van der Waals surface area contributed by atoms with Crippen LogP contribution in [0.15, 0.2) is 5.16 Å². The second-order valence-corrected chi connectivity index (χ2v) is 6.58. The zero-order valence-corrected chi connectivity index (χ0v) is 14.0. The summed E-state index contributed by atoms with van der Waals surface area (Å²) in [5.41, 5.74) is 0.928. The Morgan fingerprint density at radius 1 is 1.29 bits per heavy atom. The average Bonchev–Trinajstić information content (AvgIpc) is 2.77. The molecule has 6 nitrogen and oxygen atoms in total. The molecule has 0 saturated heterocycles. The number of carbonyl (C=O) groups is 1. The number of nitrogens with zero attached hydrogens (tertiary/aromatic N) is 1. The van der Waals surface area contributed by atoms with Crippen molar-refractivity contribution in [3.8, 4) is 11.8 Å². The van der Waals surface area contributed by atoms with Gasteiger partial charge in [0.25, 0.3) is 0 Å². The largest absolute Gasteiger partial charge is 0.481 e. The minimum absolute atomic E-state index is 0.00385. The fourth-order valence-electron chi connectivity index (χ4n) is 3.40. The molecule has 2 fully saturated rings. The van der Waals surface area contributed by atoms with Crippen LogP contribution in [0.3, 0.4) is 0 Å². The summed E-state index contributed by atoms with van der Waals surface area (Å²) in [6.45, 7) is 0.338. The van der Waals surface area contributed by atoms with E-state index in [0.29, 0.717) is 0 Å². The van der Waals surface area contributed by atoms with Gasteiger partial charge in [-0.25, -0.2) is 0 Å². The summed E-state index contributed by atoms with van der Waals surface area (Å²) in [5, 5.41) is 31.6. The molecule has 0 aromatic rings. The van der Waals surface area contributed by atoms with Crippen LogP contribution in [-0.4, -0.2) is 46.3 Å². The Morgan fingerprint density at radius 2 is 2.08 bits per heavy atom. The van der Waals surface area contributed by atoms with Gasteiger partial charge in [0.15, 0.2) is 0 Å². The summed E-state index contributed by atoms with van der Waals surface area (Å²) in [4.78, 5) is 15.5. The van der Waals surface area contributed by atoms with Crippen LogP contribution < -0.4 is 0 Å². The number of aliphatic carboxylic acids is 1. The van der Waals surface area contributed by atoms with Gasteiger partial charge in [-0.05, 0) is 31.6 Å². The molecule has 2 aliphatic carbocycles. The number of unbranched alkanes of at least 4 members (excludes halogenated alkanes) is 4. The Bertz CT molecular complexity index is 507. The van der Waals surface area contributed by atoms with Crippen molar-refractivity contribution in [1.82, 2.24) is 0 Å². The number of fused-ring (bicyclic) bond motifs is 1. The van der Waals surface area contributed by atoms with E-state index in [9.17, 15) is 9.90 Å². The highest BCUT2D eigenvalue weighted by atomic mass is 16.6. The van der Waals surface area contributed by atoms with Gasteiger partial charge in [-0.2, -0.15) is 0 Å². The van der Waals surface area contributed by atoms with Crippen LogP contribution in [-0.2, 0) is 9.63 Å². The number of aliphatic hydroxyl groups excluding tert-OH is 2. The molecule has 2 rings (SSSR count). The molecule has 0 aliphatic heterocycles. The molecule has 2 unspecified atom stereocenters. The maximum atomic E-state index is 10.4. The van der Waals surface area contributed by atoms with Crippen LogP contribution in [0.1, 0.15) is 51.4 Å². The van der Waals surface area contributed by atoms with Gasteiger partial charge >= 0.3 is 5.97 Å². The second kappa shape index (κ2) is 9.65. The van der Waals surface area contributed by atoms with Crippen LogP contribution in [0.2, 0.25) is 0 Å². The first kappa shape index (κ1) is 18.8. The van der Waals surface area contributed by atoms with Crippen molar-refractivity contribution in [3.63, 3.8) is 0 Å². The Hall–Kier alpha value is -1.58. The first-order valence-corrected chi connectivity index (χ1v) is 8.81. The Labute approximate surface area is 142 Å². The lowest BCUT2D eigenvalue weighted by Crippen LogP contribution is -2.38. The van der Waals surface area contributed by atoms with E-state index < -0.39 is 12.1 Å². The molecule has 0 aromatic heterocycles. The van der Waals surface area contributed by atoms with Gasteiger partial charge in [0, 0.05) is 24.9 Å². The van der Waals surface area contributed by atoms with Crippen LogP contribution in [0.5, 0.6) is 0 Å².